The average molecular weight is 234 g/mol. The molecule has 0 saturated carbocycles. The van der Waals surface area contributed by atoms with Crippen LogP contribution in [0.25, 0.3) is 0 Å². The largest absolute Gasteiger partial charge is 0.294 e. The van der Waals surface area contributed by atoms with E-state index in [0.717, 1.165) is 39.9 Å². The van der Waals surface area contributed by atoms with Gasteiger partial charge in [-0.25, -0.2) is 0 Å². The summed E-state index contributed by atoms with van der Waals surface area (Å²) in [7, 11) is 0. The molecule has 0 unspecified atom stereocenters. The second-order valence-electron chi connectivity index (χ2n) is 4.86. The van der Waals surface area contributed by atoms with Crippen LogP contribution in [0.5, 0.6) is 0 Å². The van der Waals surface area contributed by atoms with Gasteiger partial charge >= 0.3 is 0 Å². The van der Waals surface area contributed by atoms with Gasteiger partial charge in [0, 0.05) is 12.0 Å². The van der Waals surface area contributed by atoms with Gasteiger partial charge in [0.05, 0.1) is 0 Å². The van der Waals surface area contributed by atoms with Crippen LogP contribution in [0.15, 0.2) is 69.9 Å². The molecule has 0 bridgehead atoms. The van der Waals surface area contributed by atoms with Crippen LogP contribution in [0.1, 0.15) is 12.8 Å². The maximum atomic E-state index is 11.9. The molecular weight excluding hydrogens is 224 g/mol. The van der Waals surface area contributed by atoms with E-state index in [1.807, 2.05) is 12.2 Å². The van der Waals surface area contributed by atoms with Gasteiger partial charge in [0.1, 0.15) is 0 Å². The molecule has 0 N–H and O–H groups in total. The second kappa shape index (κ2) is 3.16. The van der Waals surface area contributed by atoms with Crippen molar-refractivity contribution in [3.63, 3.8) is 0 Å². The molecule has 4 aliphatic carbocycles. The molecule has 4 rings (SSSR count). The van der Waals surface area contributed by atoms with E-state index < -0.39 is 0 Å². The maximum Gasteiger partial charge on any atom is 0.179 e. The molecule has 2 nitrogen and oxygen atoms in total. The molecule has 0 aromatic rings. The predicted molar refractivity (Wildman–Crippen MR) is 67.7 cm³/mol. The number of fused-ring (bicyclic) bond motifs is 4. The number of carbonyl (C=O) groups excluding carboxylic acids is 2. The molecule has 0 aliphatic heterocycles. The molecule has 18 heavy (non-hydrogen) atoms. The second-order valence-corrected chi connectivity index (χ2v) is 4.86. The lowest BCUT2D eigenvalue weighted by molar-refractivity contribution is -0.115. The number of ketones is 2. The highest BCUT2D eigenvalue weighted by molar-refractivity contribution is 6.08. The zero-order valence-corrected chi connectivity index (χ0v) is 9.69. The number of hydrogen-bond acceptors (Lipinski definition) is 2. The maximum absolute atomic E-state index is 11.9. The van der Waals surface area contributed by atoms with E-state index in [0.29, 0.717) is 6.42 Å². The predicted octanol–water partition coefficient (Wildman–Crippen LogP) is 2.52. The molecule has 2 heteroatoms. The van der Waals surface area contributed by atoms with E-state index in [9.17, 15) is 9.59 Å². The van der Waals surface area contributed by atoms with Crippen molar-refractivity contribution in [1.82, 2.24) is 0 Å². The molecule has 4 aliphatic rings. The standard InChI is InChI=1S/C16H10O2/c17-10-5-4-9-6-13-11-2-1-3-16(18)15(11)8-14(13)12(9)7-10/h2,4-8H,1,3H2. The fourth-order valence-corrected chi connectivity index (χ4v) is 2.95. The third-order valence-electron chi connectivity index (χ3n) is 3.79. The van der Waals surface area contributed by atoms with Crippen LogP contribution in [0.4, 0.5) is 0 Å². The van der Waals surface area contributed by atoms with Gasteiger partial charge in [-0.15, -0.1) is 0 Å². The zero-order valence-electron chi connectivity index (χ0n) is 9.69. The third kappa shape index (κ3) is 1.12. The number of Topliss-reactive ketones (excluding diaryl/α,β-unsaturated/α-hetero) is 1. The van der Waals surface area contributed by atoms with Gasteiger partial charge < -0.3 is 0 Å². The Kier molecular flexibility index (Phi) is 1.72. The number of carbonyl (C=O) groups is 2. The normalized spacial score (nSPS) is 24.2. The average Bonchev–Trinajstić information content (AvgIpc) is 2.87. The summed E-state index contributed by atoms with van der Waals surface area (Å²) in [6, 6.07) is 0. The summed E-state index contributed by atoms with van der Waals surface area (Å²) in [5.41, 5.74) is 6.08. The molecule has 0 aromatic heterocycles. The molecule has 0 fully saturated rings. The summed E-state index contributed by atoms with van der Waals surface area (Å²) in [5.74, 6) is 0.236. The van der Waals surface area contributed by atoms with Gasteiger partial charge in [-0.05, 0) is 58.6 Å². The summed E-state index contributed by atoms with van der Waals surface area (Å²) in [5, 5.41) is 0. The lowest BCUT2D eigenvalue weighted by Gasteiger charge is -2.12. The van der Waals surface area contributed by atoms with E-state index in [2.05, 4.69) is 12.2 Å². The monoisotopic (exact) mass is 234 g/mol. The molecule has 86 valence electrons. The van der Waals surface area contributed by atoms with Crippen molar-refractivity contribution in [2.75, 3.05) is 0 Å². The minimum absolute atomic E-state index is 0.0180. The number of rotatable bonds is 0. The Morgan fingerprint density at radius 1 is 0.833 bits per heavy atom. The Morgan fingerprint density at radius 2 is 1.67 bits per heavy atom. The van der Waals surface area contributed by atoms with Gasteiger partial charge in [0.25, 0.3) is 0 Å². The number of allylic oxidation sites excluding steroid dienone is 12. The first-order valence-electron chi connectivity index (χ1n) is 6.10. The Balaban J connectivity index is 1.91. The van der Waals surface area contributed by atoms with Gasteiger partial charge in [-0.2, -0.15) is 0 Å². The fourth-order valence-electron chi connectivity index (χ4n) is 2.95. The molecule has 0 radical (unpaired) electrons. The first kappa shape index (κ1) is 9.77. The van der Waals surface area contributed by atoms with Gasteiger partial charge in [0.2, 0.25) is 0 Å². The molecule has 0 aromatic carbocycles. The van der Waals surface area contributed by atoms with Crippen molar-refractivity contribution in [1.29, 1.82) is 0 Å². The smallest absolute Gasteiger partial charge is 0.179 e. The van der Waals surface area contributed by atoms with Crippen molar-refractivity contribution in [3.05, 3.63) is 69.9 Å². The lowest BCUT2D eigenvalue weighted by atomic mass is 9.90. The number of hydrogen-bond donors (Lipinski definition) is 0. The summed E-state index contributed by atoms with van der Waals surface area (Å²) in [4.78, 5) is 23.3. The Labute approximate surface area is 104 Å². The summed E-state index contributed by atoms with van der Waals surface area (Å²) >= 11 is 0. The highest BCUT2D eigenvalue weighted by atomic mass is 16.1. The van der Waals surface area contributed by atoms with Crippen LogP contribution in [0.2, 0.25) is 0 Å². The van der Waals surface area contributed by atoms with Crippen LogP contribution in [-0.4, -0.2) is 11.6 Å². The first-order valence-corrected chi connectivity index (χ1v) is 6.10. The molecule has 0 spiro atoms. The SMILES string of the molecule is O=C1C=CC2=CC3=C(C=C4C(=O)CCC=C43)C2=C1. The van der Waals surface area contributed by atoms with Gasteiger partial charge in [-0.3, -0.25) is 9.59 Å². The van der Waals surface area contributed by atoms with Crippen LogP contribution in [0, 0.1) is 0 Å². The van der Waals surface area contributed by atoms with Crippen LogP contribution in [-0.2, 0) is 9.59 Å². The van der Waals surface area contributed by atoms with Crippen molar-refractivity contribution in [2.24, 2.45) is 0 Å². The van der Waals surface area contributed by atoms with Crippen LogP contribution < -0.4 is 0 Å². The van der Waals surface area contributed by atoms with Crippen molar-refractivity contribution in [2.45, 2.75) is 12.8 Å². The minimum atomic E-state index is 0.0180. The van der Waals surface area contributed by atoms with E-state index in [-0.39, 0.29) is 11.6 Å². The zero-order chi connectivity index (χ0) is 12.3. The molecule has 0 amide bonds. The van der Waals surface area contributed by atoms with Crippen LogP contribution in [0.3, 0.4) is 0 Å². The first-order chi connectivity index (χ1) is 8.74. The highest BCUT2D eigenvalue weighted by Crippen LogP contribution is 2.46. The Hall–Kier alpha value is -2.22. The Morgan fingerprint density at radius 3 is 2.56 bits per heavy atom. The van der Waals surface area contributed by atoms with E-state index in [1.54, 1.807) is 12.2 Å². The molecule has 0 atom stereocenters. The molecule has 0 saturated heterocycles. The van der Waals surface area contributed by atoms with Crippen molar-refractivity contribution >= 4 is 11.6 Å². The van der Waals surface area contributed by atoms with E-state index in [1.165, 1.54) is 0 Å². The lowest BCUT2D eigenvalue weighted by Crippen LogP contribution is -2.08. The molecule has 0 heterocycles. The Bertz CT molecular complexity index is 703. The van der Waals surface area contributed by atoms with Gasteiger partial charge in [-0.1, -0.05) is 12.2 Å². The summed E-state index contributed by atoms with van der Waals surface area (Å²) < 4.78 is 0. The molecular formula is C16H10O2. The quantitative estimate of drug-likeness (QED) is 0.645. The van der Waals surface area contributed by atoms with Crippen molar-refractivity contribution in [3.8, 4) is 0 Å². The van der Waals surface area contributed by atoms with Crippen molar-refractivity contribution < 1.29 is 9.59 Å². The third-order valence-corrected chi connectivity index (χ3v) is 3.79. The van der Waals surface area contributed by atoms with E-state index >= 15 is 0 Å². The van der Waals surface area contributed by atoms with E-state index in [4.69, 9.17) is 0 Å². The fraction of sp³-hybridized carbons (Fsp3) is 0.125. The van der Waals surface area contributed by atoms with Gasteiger partial charge in [0.15, 0.2) is 11.6 Å². The topological polar surface area (TPSA) is 34.1 Å². The van der Waals surface area contributed by atoms with Crippen LogP contribution >= 0.6 is 0 Å². The highest BCUT2D eigenvalue weighted by Gasteiger charge is 2.33. The minimum Gasteiger partial charge on any atom is -0.294 e. The summed E-state index contributed by atoms with van der Waals surface area (Å²) in [6.07, 6.45) is 12.7. The summed E-state index contributed by atoms with van der Waals surface area (Å²) in [6.45, 7) is 0.